The van der Waals surface area contributed by atoms with Crippen LogP contribution in [0.3, 0.4) is 0 Å². The van der Waals surface area contributed by atoms with E-state index in [-0.39, 0.29) is 18.9 Å². The monoisotopic (exact) mass is 319 g/mol. The van der Waals surface area contributed by atoms with Crippen LogP contribution in [0.4, 0.5) is 0 Å². The summed E-state index contributed by atoms with van der Waals surface area (Å²) in [7, 11) is 1.58. The fourth-order valence-corrected chi connectivity index (χ4v) is 2.37. The van der Waals surface area contributed by atoms with E-state index in [2.05, 4.69) is 5.32 Å². The lowest BCUT2D eigenvalue weighted by atomic mass is 10.1. The van der Waals surface area contributed by atoms with E-state index in [9.17, 15) is 9.59 Å². The number of hydrogen-bond acceptors (Lipinski definition) is 4. The summed E-state index contributed by atoms with van der Waals surface area (Å²) in [6, 6.07) is 5.53. The highest BCUT2D eigenvalue weighted by Crippen LogP contribution is 2.35. The summed E-state index contributed by atoms with van der Waals surface area (Å²) < 4.78 is 10.9. The number of carbonyl (C=O) groups excluding carboxylic acids is 1. The Bertz CT molecular complexity index is 609. The van der Waals surface area contributed by atoms with Gasteiger partial charge >= 0.3 is 5.97 Å². The van der Waals surface area contributed by atoms with Crippen LogP contribution in [0, 0.1) is 0 Å². The average molecular weight is 319 g/mol. The highest BCUT2D eigenvalue weighted by molar-refractivity contribution is 5.99. The number of amides is 1. The van der Waals surface area contributed by atoms with Crippen molar-refractivity contribution in [2.75, 3.05) is 20.3 Å². The first-order chi connectivity index (χ1) is 11.1. The maximum atomic E-state index is 12.1. The van der Waals surface area contributed by atoms with Gasteiger partial charge in [0.2, 0.25) is 0 Å². The van der Waals surface area contributed by atoms with Crippen LogP contribution in [0.15, 0.2) is 23.8 Å². The molecule has 0 fully saturated rings. The molecule has 1 aliphatic heterocycles. The number of nitrogens with one attached hydrogen (secondary N) is 1. The van der Waals surface area contributed by atoms with Gasteiger partial charge in [-0.15, -0.1) is 0 Å². The third-order valence-corrected chi connectivity index (χ3v) is 3.58. The van der Waals surface area contributed by atoms with Crippen molar-refractivity contribution in [3.05, 3.63) is 29.3 Å². The van der Waals surface area contributed by atoms with Crippen LogP contribution in [0.2, 0.25) is 0 Å². The van der Waals surface area contributed by atoms with Crippen molar-refractivity contribution in [2.45, 2.75) is 25.7 Å². The Hall–Kier alpha value is -2.50. The molecule has 1 heterocycles. The van der Waals surface area contributed by atoms with E-state index < -0.39 is 5.97 Å². The van der Waals surface area contributed by atoms with Gasteiger partial charge in [0.05, 0.1) is 12.7 Å². The van der Waals surface area contributed by atoms with Gasteiger partial charge in [-0.05, 0) is 25.0 Å². The fourth-order valence-electron chi connectivity index (χ4n) is 2.37. The van der Waals surface area contributed by atoms with Crippen molar-refractivity contribution >= 4 is 18.0 Å². The molecule has 0 bridgehead atoms. The summed E-state index contributed by atoms with van der Waals surface area (Å²) in [6.07, 6.45) is 4.15. The molecule has 1 aliphatic rings. The molecule has 6 heteroatoms. The highest BCUT2D eigenvalue weighted by Gasteiger charge is 2.19. The third kappa shape index (κ3) is 4.74. The lowest BCUT2D eigenvalue weighted by molar-refractivity contribution is -0.137. The molecular formula is C17H21NO5. The molecule has 0 aromatic heterocycles. The Morgan fingerprint density at radius 3 is 2.87 bits per heavy atom. The predicted octanol–water partition coefficient (Wildman–Crippen LogP) is 2.23. The first-order valence-electron chi connectivity index (χ1n) is 7.62. The van der Waals surface area contributed by atoms with Crippen LogP contribution in [-0.2, 0) is 9.59 Å². The number of hydrogen-bond donors (Lipinski definition) is 2. The Balaban J connectivity index is 1.83. The molecule has 0 aliphatic carbocycles. The van der Waals surface area contributed by atoms with Crippen LogP contribution in [0.5, 0.6) is 11.5 Å². The zero-order chi connectivity index (χ0) is 16.7. The maximum Gasteiger partial charge on any atom is 0.303 e. The molecule has 0 saturated carbocycles. The molecule has 0 saturated heterocycles. The highest BCUT2D eigenvalue weighted by atomic mass is 16.5. The molecule has 6 nitrogen and oxygen atoms in total. The van der Waals surface area contributed by atoms with Gasteiger partial charge < -0.3 is 19.9 Å². The van der Waals surface area contributed by atoms with Crippen molar-refractivity contribution in [1.82, 2.24) is 5.32 Å². The Kier molecular flexibility index (Phi) is 6.02. The zero-order valence-corrected chi connectivity index (χ0v) is 13.1. The van der Waals surface area contributed by atoms with E-state index in [4.69, 9.17) is 14.6 Å². The van der Waals surface area contributed by atoms with E-state index in [0.717, 1.165) is 18.4 Å². The smallest absolute Gasteiger partial charge is 0.303 e. The minimum Gasteiger partial charge on any atom is -0.493 e. The lowest BCUT2D eigenvalue weighted by Crippen LogP contribution is -2.29. The summed E-state index contributed by atoms with van der Waals surface area (Å²) >= 11 is 0. The number of carboxylic acid groups (broad SMARTS) is 1. The largest absolute Gasteiger partial charge is 0.493 e. The molecule has 0 radical (unpaired) electrons. The predicted molar refractivity (Wildman–Crippen MR) is 85.6 cm³/mol. The Morgan fingerprint density at radius 1 is 1.30 bits per heavy atom. The van der Waals surface area contributed by atoms with Gasteiger partial charge in [0.25, 0.3) is 5.91 Å². The number of para-hydroxylation sites is 1. The number of ether oxygens (including phenoxy) is 2. The normalized spacial score (nSPS) is 12.7. The van der Waals surface area contributed by atoms with E-state index in [1.54, 1.807) is 13.2 Å². The van der Waals surface area contributed by atoms with Crippen molar-refractivity contribution in [1.29, 1.82) is 0 Å². The molecule has 1 amide bonds. The van der Waals surface area contributed by atoms with Gasteiger partial charge in [-0.25, -0.2) is 0 Å². The molecule has 0 unspecified atom stereocenters. The van der Waals surface area contributed by atoms with Crippen molar-refractivity contribution in [2.24, 2.45) is 0 Å². The average Bonchev–Trinajstić information content (AvgIpc) is 2.56. The van der Waals surface area contributed by atoms with Gasteiger partial charge in [-0.1, -0.05) is 18.6 Å². The molecule has 2 rings (SSSR count). The first kappa shape index (κ1) is 16.9. The lowest BCUT2D eigenvalue weighted by Gasteiger charge is -2.19. The quantitative estimate of drug-likeness (QED) is 0.718. The number of rotatable bonds is 8. The number of carbonyl (C=O) groups is 2. The van der Waals surface area contributed by atoms with Gasteiger partial charge in [-0.2, -0.15) is 0 Å². The summed E-state index contributed by atoms with van der Waals surface area (Å²) in [5.41, 5.74) is 1.39. The van der Waals surface area contributed by atoms with Gasteiger partial charge in [0.15, 0.2) is 11.5 Å². The second-order valence-electron chi connectivity index (χ2n) is 5.30. The van der Waals surface area contributed by atoms with Gasteiger partial charge in [0.1, 0.15) is 6.61 Å². The van der Waals surface area contributed by atoms with Crippen LogP contribution in [0.25, 0.3) is 6.08 Å². The summed E-state index contributed by atoms with van der Waals surface area (Å²) in [6.45, 7) is 0.735. The number of carboxylic acids is 1. The van der Waals surface area contributed by atoms with Crippen molar-refractivity contribution in [3.63, 3.8) is 0 Å². The molecule has 1 aromatic rings. The minimum absolute atomic E-state index is 0.156. The molecule has 0 atom stereocenters. The minimum atomic E-state index is -0.785. The second kappa shape index (κ2) is 8.22. The van der Waals surface area contributed by atoms with Crippen molar-refractivity contribution in [3.8, 4) is 11.5 Å². The van der Waals surface area contributed by atoms with E-state index in [1.165, 1.54) is 0 Å². The van der Waals surface area contributed by atoms with Crippen LogP contribution in [-0.4, -0.2) is 37.2 Å². The van der Waals surface area contributed by atoms with E-state index in [1.807, 2.05) is 18.2 Å². The topological polar surface area (TPSA) is 84.9 Å². The molecule has 0 spiro atoms. The number of aliphatic carboxylic acids is 1. The summed E-state index contributed by atoms with van der Waals surface area (Å²) in [4.78, 5) is 22.5. The molecule has 23 heavy (non-hydrogen) atoms. The molecular weight excluding hydrogens is 298 g/mol. The van der Waals surface area contributed by atoms with Crippen LogP contribution >= 0.6 is 0 Å². The van der Waals surface area contributed by atoms with Crippen LogP contribution in [0.1, 0.15) is 31.2 Å². The van der Waals surface area contributed by atoms with E-state index >= 15 is 0 Å². The number of fused-ring (bicyclic) bond motifs is 1. The standard InChI is InChI=1S/C17H21NO5/c1-22-14-7-5-6-12-10-13(11-23-16(12)14)17(21)18-9-4-2-3-8-15(19)20/h5-7,10H,2-4,8-9,11H2,1H3,(H,18,21)(H,19,20). The second-order valence-corrected chi connectivity index (χ2v) is 5.30. The number of methoxy groups -OCH3 is 1. The summed E-state index contributed by atoms with van der Waals surface area (Å²) in [5.74, 6) is 0.362. The van der Waals surface area contributed by atoms with Gasteiger partial charge in [-0.3, -0.25) is 9.59 Å². The molecule has 1 aromatic carbocycles. The molecule has 2 N–H and O–H groups in total. The zero-order valence-electron chi connectivity index (χ0n) is 13.1. The number of benzene rings is 1. The number of unbranched alkanes of at least 4 members (excludes halogenated alkanes) is 2. The van der Waals surface area contributed by atoms with Gasteiger partial charge in [0, 0.05) is 18.5 Å². The molecule has 124 valence electrons. The Morgan fingerprint density at radius 2 is 2.13 bits per heavy atom. The van der Waals surface area contributed by atoms with Crippen molar-refractivity contribution < 1.29 is 24.2 Å². The fraction of sp³-hybridized carbons (Fsp3) is 0.412. The first-order valence-corrected chi connectivity index (χ1v) is 7.62. The van der Waals surface area contributed by atoms with E-state index in [0.29, 0.717) is 30.0 Å². The van der Waals surface area contributed by atoms with Crippen LogP contribution < -0.4 is 14.8 Å². The maximum absolute atomic E-state index is 12.1. The summed E-state index contributed by atoms with van der Waals surface area (Å²) in [5, 5.41) is 11.4. The SMILES string of the molecule is COc1cccc2c1OCC(C(=O)NCCCCCC(=O)O)=C2. The Labute approximate surface area is 135 Å². The third-order valence-electron chi connectivity index (χ3n) is 3.58.